The van der Waals surface area contributed by atoms with E-state index in [4.69, 9.17) is 5.26 Å². The number of likely N-dealkylation sites (N-methyl/N-ethyl adjacent to an activating group) is 1. The van der Waals surface area contributed by atoms with E-state index in [2.05, 4.69) is 57.2 Å². The molecule has 2 aromatic heterocycles. The third kappa shape index (κ3) is 8.57. The average molecular weight is 679 g/mol. The summed E-state index contributed by atoms with van der Waals surface area (Å²) in [5.74, 6) is 0.407. The maximum atomic E-state index is 13.7. The summed E-state index contributed by atoms with van der Waals surface area (Å²) in [5.41, 5.74) is 4.26. The molecular weight excluding hydrogens is 643 g/mol. The number of imidazole rings is 1. The molecule has 3 aromatic carbocycles. The number of hydrogen-bond donors (Lipinski definition) is 6. The lowest BCUT2D eigenvalue weighted by Gasteiger charge is -2.33. The van der Waals surface area contributed by atoms with Gasteiger partial charge in [-0.1, -0.05) is 24.3 Å². The third-order valence-corrected chi connectivity index (χ3v) is 8.16. The van der Waals surface area contributed by atoms with Gasteiger partial charge in [-0.3, -0.25) is 9.69 Å². The fraction of sp³-hybridized carbons (Fsp3) is 0.265. The fourth-order valence-electron chi connectivity index (χ4n) is 5.58. The minimum atomic E-state index is -0.903. The number of halogens is 1. The highest BCUT2D eigenvalue weighted by Crippen LogP contribution is 2.21. The van der Waals surface area contributed by atoms with Gasteiger partial charge in [0.15, 0.2) is 0 Å². The number of hydrogen-bond acceptors (Lipinski definition) is 11. The molecule has 0 unspecified atom stereocenters. The molecular formula is C34H35FN12O3. The van der Waals surface area contributed by atoms with Gasteiger partial charge < -0.3 is 36.3 Å². The van der Waals surface area contributed by atoms with Crippen molar-refractivity contribution in [3.8, 4) is 6.07 Å². The van der Waals surface area contributed by atoms with Crippen LogP contribution in [0.4, 0.5) is 32.7 Å². The number of carbonyl (C=O) groups is 2. The third-order valence-electron chi connectivity index (χ3n) is 8.16. The predicted molar refractivity (Wildman–Crippen MR) is 184 cm³/mol. The van der Waals surface area contributed by atoms with Crippen molar-refractivity contribution >= 4 is 46.6 Å². The van der Waals surface area contributed by atoms with Crippen LogP contribution in [0.15, 0.2) is 66.7 Å². The monoisotopic (exact) mass is 678 g/mol. The smallest absolute Gasteiger partial charge is 0.407 e. The van der Waals surface area contributed by atoms with Gasteiger partial charge in [0.25, 0.3) is 0 Å². The normalized spacial score (nSPS) is 13.7. The van der Waals surface area contributed by atoms with Crippen molar-refractivity contribution in [2.75, 3.05) is 49.2 Å². The molecule has 6 rings (SSSR count). The number of piperazine rings is 1. The number of benzene rings is 3. The molecule has 1 aliphatic heterocycles. The Morgan fingerprint density at radius 2 is 1.72 bits per heavy atom. The summed E-state index contributed by atoms with van der Waals surface area (Å²) < 4.78 is 13.7. The minimum Gasteiger partial charge on any atom is -0.465 e. The van der Waals surface area contributed by atoms with Crippen LogP contribution in [0.25, 0.3) is 11.0 Å². The second-order valence-electron chi connectivity index (χ2n) is 11.7. The molecule has 15 nitrogen and oxygen atoms in total. The number of nitriles is 1. The van der Waals surface area contributed by atoms with Gasteiger partial charge in [0.05, 0.1) is 29.2 Å². The summed E-state index contributed by atoms with van der Waals surface area (Å²) in [4.78, 5) is 49.1. The number of amides is 2. The number of carbonyl (C=O) groups excluding carboxylic acids is 1. The Hall–Kier alpha value is -6.34. The first-order chi connectivity index (χ1) is 24.2. The van der Waals surface area contributed by atoms with Crippen LogP contribution in [0.2, 0.25) is 0 Å². The Kier molecular flexibility index (Phi) is 10.2. The molecule has 1 atom stereocenters. The van der Waals surface area contributed by atoms with Crippen molar-refractivity contribution < 1.29 is 19.1 Å². The van der Waals surface area contributed by atoms with Gasteiger partial charge in [0.1, 0.15) is 17.7 Å². The second-order valence-corrected chi connectivity index (χ2v) is 11.7. The van der Waals surface area contributed by atoms with E-state index in [1.165, 1.54) is 17.0 Å². The molecule has 3 heterocycles. The van der Waals surface area contributed by atoms with Crippen molar-refractivity contribution in [1.82, 2.24) is 40.0 Å². The Morgan fingerprint density at radius 3 is 2.46 bits per heavy atom. The molecule has 1 aliphatic rings. The number of anilines is 4. The zero-order valence-corrected chi connectivity index (χ0v) is 27.2. The van der Waals surface area contributed by atoms with Gasteiger partial charge >= 0.3 is 6.09 Å². The number of aromatic amines is 1. The minimum absolute atomic E-state index is 0.131. The van der Waals surface area contributed by atoms with E-state index in [0.717, 1.165) is 16.8 Å². The lowest BCUT2D eigenvalue weighted by atomic mass is 10.0. The molecule has 0 aliphatic carbocycles. The number of carboxylic acid groups (broad SMARTS) is 1. The van der Waals surface area contributed by atoms with Crippen molar-refractivity contribution in [1.29, 1.82) is 5.26 Å². The van der Waals surface area contributed by atoms with Crippen LogP contribution in [0, 0.1) is 17.1 Å². The Bertz CT molecular complexity index is 2020. The number of nitrogens with one attached hydrogen (secondary N) is 5. The topological polar surface area (TPSA) is 200 Å². The van der Waals surface area contributed by atoms with Crippen molar-refractivity contribution in [2.45, 2.75) is 25.6 Å². The first kappa shape index (κ1) is 33.6. The van der Waals surface area contributed by atoms with Crippen LogP contribution >= 0.6 is 0 Å². The number of nitrogens with zero attached hydrogens (tertiary/aromatic N) is 7. The largest absolute Gasteiger partial charge is 0.465 e. The lowest BCUT2D eigenvalue weighted by Crippen LogP contribution is -2.47. The van der Waals surface area contributed by atoms with Crippen LogP contribution < -0.4 is 21.3 Å². The lowest BCUT2D eigenvalue weighted by molar-refractivity contribution is -0.121. The maximum Gasteiger partial charge on any atom is 0.407 e. The fourth-order valence-corrected chi connectivity index (χ4v) is 5.58. The zero-order chi connectivity index (χ0) is 35.0. The quantitative estimate of drug-likeness (QED) is 0.112. The molecule has 16 heteroatoms. The van der Waals surface area contributed by atoms with Crippen LogP contribution in [0.1, 0.15) is 22.5 Å². The van der Waals surface area contributed by atoms with Crippen LogP contribution in [0.3, 0.4) is 0 Å². The van der Waals surface area contributed by atoms with E-state index in [0.29, 0.717) is 61.6 Å². The van der Waals surface area contributed by atoms with E-state index in [-0.39, 0.29) is 36.1 Å². The van der Waals surface area contributed by atoms with E-state index in [1.54, 1.807) is 37.4 Å². The van der Waals surface area contributed by atoms with E-state index in [9.17, 15) is 19.1 Å². The molecule has 6 N–H and O–H groups in total. The summed E-state index contributed by atoms with van der Waals surface area (Å²) in [6.45, 7) is 3.01. The van der Waals surface area contributed by atoms with Crippen molar-refractivity contribution in [3.63, 3.8) is 0 Å². The molecule has 0 radical (unpaired) electrons. The molecule has 0 bridgehead atoms. The molecule has 1 fully saturated rings. The zero-order valence-electron chi connectivity index (χ0n) is 27.2. The van der Waals surface area contributed by atoms with E-state index < -0.39 is 12.1 Å². The number of fused-ring (bicyclic) bond motifs is 1. The first-order valence-corrected chi connectivity index (χ1v) is 15.9. The summed E-state index contributed by atoms with van der Waals surface area (Å²) >= 11 is 0. The predicted octanol–water partition coefficient (Wildman–Crippen LogP) is 3.68. The van der Waals surface area contributed by atoms with Crippen LogP contribution in [-0.4, -0.2) is 91.1 Å². The molecule has 0 saturated carbocycles. The Balaban J connectivity index is 1.23. The van der Waals surface area contributed by atoms with E-state index in [1.807, 2.05) is 24.3 Å². The Morgan fingerprint density at radius 1 is 0.960 bits per heavy atom. The van der Waals surface area contributed by atoms with Gasteiger partial charge in [-0.25, -0.2) is 14.2 Å². The van der Waals surface area contributed by atoms with Crippen molar-refractivity contribution in [2.24, 2.45) is 0 Å². The second kappa shape index (κ2) is 15.3. The molecule has 1 saturated heterocycles. The summed E-state index contributed by atoms with van der Waals surface area (Å²) in [6.07, 6.45) is -0.610. The summed E-state index contributed by atoms with van der Waals surface area (Å²) in [5, 5.41) is 30.6. The van der Waals surface area contributed by atoms with Gasteiger partial charge in [0, 0.05) is 51.9 Å². The highest BCUT2D eigenvalue weighted by atomic mass is 19.1. The van der Waals surface area contributed by atoms with Crippen LogP contribution in [-0.2, 0) is 24.3 Å². The van der Waals surface area contributed by atoms with Gasteiger partial charge in [-0.2, -0.15) is 20.2 Å². The molecule has 256 valence electrons. The number of aromatic nitrogens is 5. The maximum absolute atomic E-state index is 13.7. The summed E-state index contributed by atoms with van der Waals surface area (Å²) in [7, 11) is 1.54. The molecule has 2 amide bonds. The van der Waals surface area contributed by atoms with E-state index >= 15 is 0 Å². The highest BCUT2D eigenvalue weighted by molar-refractivity contribution is 5.84. The number of H-pyrrole nitrogens is 1. The average Bonchev–Trinajstić information content (AvgIpc) is 3.53. The molecule has 0 spiro atoms. The summed E-state index contributed by atoms with van der Waals surface area (Å²) in [6, 6.07) is 20.4. The van der Waals surface area contributed by atoms with Gasteiger partial charge in [0.2, 0.25) is 23.8 Å². The van der Waals surface area contributed by atoms with Gasteiger partial charge in [-0.15, -0.1) is 0 Å². The van der Waals surface area contributed by atoms with Gasteiger partial charge in [-0.05, 0) is 53.6 Å². The number of rotatable bonds is 12. The first-order valence-electron chi connectivity index (χ1n) is 15.9. The van der Waals surface area contributed by atoms with Crippen molar-refractivity contribution in [3.05, 3.63) is 95.1 Å². The highest BCUT2D eigenvalue weighted by Gasteiger charge is 2.22. The SMILES string of the molecule is CNC(=O)[C@H](Cc1ccc(C#N)cc1)Nc1nc(NCc2nc3ccc(F)cc3[nH]2)nc(Nc2cccc(CN3CCN(C(=O)O)CC3)c2)n1. The standard InChI is InChI=1S/C34H35FN12O3/c1-37-30(48)28(16-21-5-7-22(18-36)8-6-21)42-33-44-31(38-19-29-40-26-10-9-24(35)17-27(26)41-29)43-32(45-33)39-25-4-2-3-23(15-25)20-46-11-13-47(14-12-46)34(49)50/h2-10,15,17,28H,11-14,16,19-20H2,1H3,(H,37,48)(H,40,41)(H,49,50)(H3,38,39,42,43,44,45)/t28-/m0/s1. The van der Waals surface area contributed by atoms with Crippen LogP contribution in [0.5, 0.6) is 0 Å². The Labute approximate surface area is 286 Å². The molecule has 50 heavy (non-hydrogen) atoms. The molecule has 5 aromatic rings.